The first-order valence-electron chi connectivity index (χ1n) is 9.54. The summed E-state index contributed by atoms with van der Waals surface area (Å²) < 4.78 is 6.05. The Balaban J connectivity index is 1.35. The van der Waals surface area contributed by atoms with Crippen molar-refractivity contribution in [1.82, 2.24) is 19.9 Å². The normalized spacial score (nSPS) is 17.1. The van der Waals surface area contributed by atoms with Crippen molar-refractivity contribution in [2.24, 2.45) is 0 Å². The smallest absolute Gasteiger partial charge is 0.233 e. The van der Waals surface area contributed by atoms with E-state index < -0.39 is 0 Å². The second-order valence-electron chi connectivity index (χ2n) is 7.10. The lowest BCUT2D eigenvalue weighted by Crippen LogP contribution is -2.45. The van der Waals surface area contributed by atoms with Crippen LogP contribution in [0.15, 0.2) is 41.4 Å². The molecule has 0 bridgehead atoms. The lowest BCUT2D eigenvalue weighted by Gasteiger charge is -2.32. The number of carbonyl (C=O) groups excluding carboxylic acids is 1. The molecule has 146 valence electrons. The number of fused-ring (bicyclic) bond motifs is 1. The van der Waals surface area contributed by atoms with Gasteiger partial charge in [-0.05, 0) is 32.8 Å². The molecule has 1 unspecified atom stereocenters. The summed E-state index contributed by atoms with van der Waals surface area (Å²) in [6.07, 6.45) is 3.83. The lowest BCUT2D eigenvalue weighted by molar-refractivity contribution is -0.130. The van der Waals surface area contributed by atoms with Gasteiger partial charge in [-0.3, -0.25) is 4.79 Å². The number of hydrogen-bond acceptors (Lipinski definition) is 5. The van der Waals surface area contributed by atoms with Gasteiger partial charge in [0.25, 0.3) is 0 Å². The molecular formula is C21H24N4O2S. The minimum atomic E-state index is -0.0236. The Bertz CT molecular complexity index is 967. The van der Waals surface area contributed by atoms with Gasteiger partial charge in [-0.2, -0.15) is 4.98 Å². The fourth-order valence-electron chi connectivity index (χ4n) is 3.57. The Morgan fingerprint density at radius 2 is 2.18 bits per heavy atom. The van der Waals surface area contributed by atoms with Gasteiger partial charge in [0, 0.05) is 40.3 Å². The summed E-state index contributed by atoms with van der Waals surface area (Å²) in [5, 5.41) is 1.16. The Morgan fingerprint density at radius 1 is 1.32 bits per heavy atom. The summed E-state index contributed by atoms with van der Waals surface area (Å²) in [4.78, 5) is 27.7. The van der Waals surface area contributed by atoms with Crippen LogP contribution in [0.4, 0.5) is 0 Å². The molecule has 1 aromatic carbocycles. The van der Waals surface area contributed by atoms with Gasteiger partial charge in [-0.15, -0.1) is 11.8 Å². The molecule has 7 heteroatoms. The predicted molar refractivity (Wildman–Crippen MR) is 111 cm³/mol. The van der Waals surface area contributed by atoms with Gasteiger partial charge in [-0.1, -0.05) is 18.2 Å². The van der Waals surface area contributed by atoms with E-state index in [1.54, 1.807) is 11.8 Å². The van der Waals surface area contributed by atoms with Gasteiger partial charge >= 0.3 is 0 Å². The van der Waals surface area contributed by atoms with Gasteiger partial charge < -0.3 is 14.6 Å². The average Bonchev–Trinajstić information content (AvgIpc) is 3.09. The molecule has 3 aromatic rings. The van der Waals surface area contributed by atoms with Crippen LogP contribution >= 0.6 is 11.8 Å². The minimum Gasteiger partial charge on any atom is -0.472 e. The largest absolute Gasteiger partial charge is 0.472 e. The number of aryl methyl sites for hydroxylation is 2. The van der Waals surface area contributed by atoms with E-state index in [-0.39, 0.29) is 12.0 Å². The summed E-state index contributed by atoms with van der Waals surface area (Å²) in [7, 11) is 0. The van der Waals surface area contributed by atoms with Crippen LogP contribution in [-0.4, -0.2) is 50.7 Å². The number of hydrogen-bond donors (Lipinski definition) is 1. The first kappa shape index (κ1) is 18.8. The fraction of sp³-hybridized carbons (Fsp3) is 0.381. The number of amides is 1. The summed E-state index contributed by atoms with van der Waals surface area (Å²) in [6, 6.07) is 10.00. The maximum absolute atomic E-state index is 12.7. The third-order valence-corrected chi connectivity index (χ3v) is 5.90. The molecule has 0 aliphatic carbocycles. The maximum atomic E-state index is 12.7. The van der Waals surface area contributed by atoms with E-state index in [0.29, 0.717) is 24.0 Å². The summed E-state index contributed by atoms with van der Waals surface area (Å²) in [5.41, 5.74) is 1.99. The number of H-pyrrole nitrogens is 1. The van der Waals surface area contributed by atoms with Gasteiger partial charge in [0.1, 0.15) is 11.9 Å². The monoisotopic (exact) mass is 396 g/mol. The average molecular weight is 397 g/mol. The van der Waals surface area contributed by atoms with E-state index in [9.17, 15) is 4.79 Å². The van der Waals surface area contributed by atoms with Gasteiger partial charge in [0.2, 0.25) is 11.8 Å². The number of para-hydroxylation sites is 1. The lowest BCUT2D eigenvalue weighted by atomic mass is 10.1. The number of likely N-dealkylation sites (tertiary alicyclic amines) is 1. The van der Waals surface area contributed by atoms with Crippen LogP contribution in [0.2, 0.25) is 0 Å². The Labute approximate surface area is 168 Å². The number of nitrogens with zero attached hydrogens (tertiary/aromatic N) is 3. The summed E-state index contributed by atoms with van der Waals surface area (Å²) in [5.74, 6) is 1.88. The van der Waals surface area contributed by atoms with E-state index in [1.807, 2.05) is 49.2 Å². The molecule has 1 N–H and O–H groups in total. The first-order valence-corrected chi connectivity index (χ1v) is 10.5. The zero-order valence-corrected chi connectivity index (χ0v) is 17.0. The SMILES string of the molecule is Cc1cc(OC2CCCN(C(=O)CSc3c[nH]c4ccccc34)C2)nc(C)n1. The molecule has 0 radical (unpaired) electrons. The number of piperidine rings is 1. The van der Waals surface area contributed by atoms with Crippen molar-refractivity contribution in [2.75, 3.05) is 18.8 Å². The highest BCUT2D eigenvalue weighted by Gasteiger charge is 2.25. The van der Waals surface area contributed by atoms with Gasteiger partial charge in [0.15, 0.2) is 0 Å². The summed E-state index contributed by atoms with van der Waals surface area (Å²) in [6.45, 7) is 5.18. The molecule has 1 atom stereocenters. The third-order valence-electron chi connectivity index (χ3n) is 4.86. The highest BCUT2D eigenvalue weighted by Crippen LogP contribution is 2.28. The number of rotatable bonds is 5. The molecule has 1 fully saturated rings. The third kappa shape index (κ3) is 4.30. The highest BCUT2D eigenvalue weighted by atomic mass is 32.2. The van der Waals surface area contributed by atoms with Crippen LogP contribution in [0, 0.1) is 13.8 Å². The van der Waals surface area contributed by atoms with Crippen molar-refractivity contribution in [3.8, 4) is 5.88 Å². The van der Waals surface area contributed by atoms with E-state index in [2.05, 4.69) is 21.0 Å². The fourth-order valence-corrected chi connectivity index (χ4v) is 4.51. The van der Waals surface area contributed by atoms with E-state index in [0.717, 1.165) is 40.9 Å². The molecule has 0 spiro atoms. The number of aromatic nitrogens is 3. The Kier molecular flexibility index (Phi) is 5.52. The van der Waals surface area contributed by atoms with Crippen molar-refractivity contribution in [2.45, 2.75) is 37.7 Å². The molecule has 6 nitrogen and oxygen atoms in total. The molecule has 3 heterocycles. The van der Waals surface area contributed by atoms with Crippen molar-refractivity contribution in [3.63, 3.8) is 0 Å². The minimum absolute atomic E-state index is 0.0236. The predicted octanol–water partition coefficient (Wildman–Crippen LogP) is 3.74. The van der Waals surface area contributed by atoms with E-state index >= 15 is 0 Å². The molecule has 1 aliphatic rings. The molecule has 4 rings (SSSR count). The van der Waals surface area contributed by atoms with Crippen LogP contribution in [-0.2, 0) is 4.79 Å². The molecule has 0 saturated carbocycles. The van der Waals surface area contributed by atoms with Crippen LogP contribution in [0.1, 0.15) is 24.4 Å². The molecular weight excluding hydrogens is 372 g/mol. The molecule has 1 saturated heterocycles. The summed E-state index contributed by atoms with van der Waals surface area (Å²) >= 11 is 1.58. The van der Waals surface area contributed by atoms with Crippen molar-refractivity contribution in [3.05, 3.63) is 48.0 Å². The number of ether oxygens (including phenoxy) is 1. The van der Waals surface area contributed by atoms with Crippen LogP contribution in [0.25, 0.3) is 10.9 Å². The number of benzene rings is 1. The second kappa shape index (κ2) is 8.22. The highest BCUT2D eigenvalue weighted by molar-refractivity contribution is 8.00. The molecule has 2 aromatic heterocycles. The van der Waals surface area contributed by atoms with Gasteiger partial charge in [-0.25, -0.2) is 4.98 Å². The topological polar surface area (TPSA) is 71.1 Å². The van der Waals surface area contributed by atoms with Crippen molar-refractivity contribution in [1.29, 1.82) is 0 Å². The standard InChI is InChI=1S/C21H24N4O2S/c1-14-10-20(24-15(2)23-14)27-16-6-5-9-25(12-16)21(26)13-28-19-11-22-18-8-4-3-7-17(18)19/h3-4,7-8,10-11,16,22H,5-6,9,12-13H2,1-2H3. The quantitative estimate of drug-likeness (QED) is 0.665. The van der Waals surface area contributed by atoms with Gasteiger partial charge in [0.05, 0.1) is 12.3 Å². The Morgan fingerprint density at radius 3 is 3.04 bits per heavy atom. The van der Waals surface area contributed by atoms with Crippen LogP contribution < -0.4 is 4.74 Å². The molecule has 1 amide bonds. The number of aromatic amines is 1. The zero-order chi connectivity index (χ0) is 19.5. The van der Waals surface area contributed by atoms with Crippen molar-refractivity contribution >= 4 is 28.6 Å². The van der Waals surface area contributed by atoms with E-state index in [4.69, 9.17) is 4.74 Å². The maximum Gasteiger partial charge on any atom is 0.233 e. The molecule has 1 aliphatic heterocycles. The van der Waals surface area contributed by atoms with Crippen LogP contribution in [0.3, 0.4) is 0 Å². The zero-order valence-electron chi connectivity index (χ0n) is 16.1. The second-order valence-corrected chi connectivity index (χ2v) is 8.12. The van der Waals surface area contributed by atoms with Crippen LogP contribution in [0.5, 0.6) is 5.88 Å². The molecule has 28 heavy (non-hydrogen) atoms. The van der Waals surface area contributed by atoms with Crippen molar-refractivity contribution < 1.29 is 9.53 Å². The number of carbonyl (C=O) groups is 1. The number of thioether (sulfide) groups is 1. The number of nitrogens with one attached hydrogen (secondary N) is 1. The Hall–Kier alpha value is -2.54. The van der Waals surface area contributed by atoms with E-state index in [1.165, 1.54) is 0 Å². The first-order chi connectivity index (χ1) is 13.6.